The number of aromatic nitrogens is 3. The number of hydrogen-bond donors (Lipinski definition) is 1. The number of nitrogens with zero attached hydrogens (tertiary/aromatic N) is 3. The summed E-state index contributed by atoms with van der Waals surface area (Å²) in [7, 11) is -2.16. The van der Waals surface area contributed by atoms with E-state index in [-0.39, 0.29) is 11.6 Å². The van der Waals surface area contributed by atoms with Crippen LogP contribution in [-0.2, 0) is 27.9 Å². The third-order valence-electron chi connectivity index (χ3n) is 3.04. The summed E-state index contributed by atoms with van der Waals surface area (Å²) >= 11 is 1.27. The Morgan fingerprint density at radius 3 is 2.76 bits per heavy atom. The molecule has 0 radical (unpaired) electrons. The lowest BCUT2D eigenvalue weighted by Gasteiger charge is -2.08. The van der Waals surface area contributed by atoms with Crippen LogP contribution in [0.2, 0.25) is 0 Å². The van der Waals surface area contributed by atoms with Crippen LogP contribution in [0.15, 0.2) is 10.4 Å². The molecule has 0 aliphatic carbocycles. The number of aryl methyl sites for hydroxylation is 2. The summed E-state index contributed by atoms with van der Waals surface area (Å²) in [6.45, 7) is 5.52. The van der Waals surface area contributed by atoms with Crippen molar-refractivity contribution in [3.05, 3.63) is 22.6 Å². The summed E-state index contributed by atoms with van der Waals surface area (Å²) in [4.78, 5) is 4.33. The van der Waals surface area contributed by atoms with Crippen molar-refractivity contribution < 1.29 is 13.2 Å². The number of ether oxygens (including phenoxy) is 1. The predicted octanol–water partition coefficient (Wildman–Crippen LogP) is 1.92. The quantitative estimate of drug-likeness (QED) is 0.874. The van der Waals surface area contributed by atoms with Crippen LogP contribution in [0.25, 0.3) is 0 Å². The zero-order valence-corrected chi connectivity index (χ0v) is 14.0. The minimum absolute atomic E-state index is 0.190. The van der Waals surface area contributed by atoms with Crippen LogP contribution >= 0.6 is 11.3 Å². The fourth-order valence-electron chi connectivity index (χ4n) is 2.09. The van der Waals surface area contributed by atoms with Gasteiger partial charge in [0, 0.05) is 7.11 Å². The second kappa shape index (κ2) is 6.12. The van der Waals surface area contributed by atoms with E-state index in [9.17, 15) is 8.42 Å². The van der Waals surface area contributed by atoms with Gasteiger partial charge < -0.3 is 4.74 Å². The van der Waals surface area contributed by atoms with E-state index in [0.717, 1.165) is 5.69 Å². The van der Waals surface area contributed by atoms with Crippen molar-refractivity contribution in [1.82, 2.24) is 14.8 Å². The molecule has 2 aromatic heterocycles. The molecule has 0 amide bonds. The largest absolute Gasteiger partial charge is 0.362 e. The van der Waals surface area contributed by atoms with Gasteiger partial charge in [-0.3, -0.25) is 4.72 Å². The molecule has 2 aromatic rings. The lowest BCUT2D eigenvalue weighted by atomic mass is 10.4. The van der Waals surface area contributed by atoms with Crippen molar-refractivity contribution in [2.75, 3.05) is 11.8 Å². The number of sulfonamides is 1. The summed E-state index contributed by atoms with van der Waals surface area (Å²) in [5, 5.41) is 4.75. The van der Waals surface area contributed by atoms with E-state index in [1.165, 1.54) is 23.1 Å². The third-order valence-corrected chi connectivity index (χ3v) is 5.55. The highest BCUT2D eigenvalue weighted by Crippen LogP contribution is 2.27. The van der Waals surface area contributed by atoms with Gasteiger partial charge in [-0.25, -0.2) is 18.1 Å². The average molecular weight is 330 g/mol. The number of thiazole rings is 1. The summed E-state index contributed by atoms with van der Waals surface area (Å²) < 4.78 is 34.3. The van der Waals surface area contributed by atoms with Gasteiger partial charge in [-0.05, 0) is 20.3 Å². The standard InChI is InChI=1S/C12H18N4O3S2/c1-5-10-12(20-6-13-10)15-21(17,18)11-8(2)14-16(7-19-4)9(11)3/h6,15H,5,7H2,1-4H3. The van der Waals surface area contributed by atoms with Crippen molar-refractivity contribution in [2.24, 2.45) is 0 Å². The summed E-state index contributed by atoms with van der Waals surface area (Å²) in [5.74, 6) is 0. The molecule has 0 aliphatic heterocycles. The van der Waals surface area contributed by atoms with E-state index >= 15 is 0 Å². The monoisotopic (exact) mass is 330 g/mol. The van der Waals surface area contributed by atoms with Crippen molar-refractivity contribution in [3.8, 4) is 0 Å². The van der Waals surface area contributed by atoms with E-state index in [1.807, 2.05) is 6.92 Å². The molecular weight excluding hydrogens is 312 g/mol. The van der Waals surface area contributed by atoms with Gasteiger partial charge in [0.2, 0.25) is 0 Å². The first-order chi connectivity index (χ1) is 9.90. The third kappa shape index (κ3) is 3.09. The average Bonchev–Trinajstić information content (AvgIpc) is 2.94. The van der Waals surface area contributed by atoms with Gasteiger partial charge in [0.15, 0.2) is 0 Å². The molecular formula is C12H18N4O3S2. The topological polar surface area (TPSA) is 86.1 Å². The lowest BCUT2D eigenvalue weighted by Crippen LogP contribution is -2.15. The van der Waals surface area contributed by atoms with Crippen molar-refractivity contribution in [2.45, 2.75) is 38.8 Å². The Kier molecular flexibility index (Phi) is 4.64. The zero-order chi connectivity index (χ0) is 15.6. The number of methoxy groups -OCH3 is 1. The summed E-state index contributed by atoms with van der Waals surface area (Å²) in [6, 6.07) is 0. The normalized spacial score (nSPS) is 11.8. The first kappa shape index (κ1) is 15.9. The maximum atomic E-state index is 12.6. The SMILES string of the molecule is CCc1ncsc1NS(=O)(=O)c1c(C)nn(COC)c1C. The molecule has 1 N–H and O–H groups in total. The smallest absolute Gasteiger partial charge is 0.266 e. The Balaban J connectivity index is 2.40. The molecule has 0 fully saturated rings. The molecule has 0 atom stereocenters. The van der Waals surface area contributed by atoms with Crippen LogP contribution < -0.4 is 4.72 Å². The Bertz CT molecular complexity index is 734. The maximum Gasteiger partial charge on any atom is 0.266 e. The van der Waals surface area contributed by atoms with Gasteiger partial charge in [-0.2, -0.15) is 5.10 Å². The molecule has 21 heavy (non-hydrogen) atoms. The van der Waals surface area contributed by atoms with E-state index in [1.54, 1.807) is 19.4 Å². The van der Waals surface area contributed by atoms with Crippen LogP contribution in [0, 0.1) is 13.8 Å². The van der Waals surface area contributed by atoms with Crippen LogP contribution in [0.4, 0.5) is 5.00 Å². The van der Waals surface area contributed by atoms with Gasteiger partial charge in [-0.1, -0.05) is 6.92 Å². The number of hydrogen-bond acceptors (Lipinski definition) is 6. The number of anilines is 1. The minimum atomic E-state index is -3.69. The molecule has 9 heteroatoms. The van der Waals surface area contributed by atoms with Crippen molar-refractivity contribution in [3.63, 3.8) is 0 Å². The lowest BCUT2D eigenvalue weighted by molar-refractivity contribution is 0.118. The van der Waals surface area contributed by atoms with Gasteiger partial charge in [-0.15, -0.1) is 11.3 Å². The van der Waals surface area contributed by atoms with Crippen LogP contribution in [0.5, 0.6) is 0 Å². The van der Waals surface area contributed by atoms with E-state index < -0.39 is 10.0 Å². The molecule has 0 bridgehead atoms. The number of rotatable bonds is 6. The molecule has 0 unspecified atom stereocenters. The zero-order valence-electron chi connectivity index (χ0n) is 12.4. The van der Waals surface area contributed by atoms with Crippen LogP contribution in [-0.4, -0.2) is 30.3 Å². The van der Waals surface area contributed by atoms with Gasteiger partial charge >= 0.3 is 0 Å². The van der Waals surface area contributed by atoms with Crippen molar-refractivity contribution in [1.29, 1.82) is 0 Å². The van der Waals surface area contributed by atoms with Gasteiger partial charge in [0.05, 0.1) is 22.6 Å². The van der Waals surface area contributed by atoms with Crippen LogP contribution in [0.3, 0.4) is 0 Å². The van der Waals surface area contributed by atoms with Gasteiger partial charge in [0.25, 0.3) is 10.0 Å². The Morgan fingerprint density at radius 2 is 2.14 bits per heavy atom. The first-order valence-corrected chi connectivity index (χ1v) is 8.75. The predicted molar refractivity (Wildman–Crippen MR) is 81.0 cm³/mol. The van der Waals surface area contributed by atoms with Crippen molar-refractivity contribution >= 4 is 26.4 Å². The number of nitrogens with one attached hydrogen (secondary N) is 1. The fraction of sp³-hybridized carbons (Fsp3) is 0.500. The summed E-state index contributed by atoms with van der Waals surface area (Å²) in [5.41, 5.74) is 3.36. The molecule has 0 saturated heterocycles. The molecule has 2 heterocycles. The molecule has 0 aliphatic rings. The maximum absolute atomic E-state index is 12.6. The molecule has 116 valence electrons. The minimum Gasteiger partial charge on any atom is -0.362 e. The highest BCUT2D eigenvalue weighted by Gasteiger charge is 2.26. The van der Waals surface area contributed by atoms with E-state index in [4.69, 9.17) is 4.74 Å². The second-order valence-electron chi connectivity index (χ2n) is 4.50. The Labute approximate surface area is 128 Å². The highest BCUT2D eigenvalue weighted by molar-refractivity contribution is 7.93. The Morgan fingerprint density at radius 1 is 1.43 bits per heavy atom. The second-order valence-corrected chi connectivity index (χ2v) is 6.98. The van der Waals surface area contributed by atoms with Gasteiger partial charge in [0.1, 0.15) is 16.6 Å². The fourth-order valence-corrected chi connectivity index (χ4v) is 4.62. The Hall–Kier alpha value is -1.45. The molecule has 7 nitrogen and oxygen atoms in total. The molecule has 0 spiro atoms. The molecule has 0 aromatic carbocycles. The molecule has 2 rings (SSSR count). The summed E-state index contributed by atoms with van der Waals surface area (Å²) in [6.07, 6.45) is 0.669. The molecule has 0 saturated carbocycles. The van der Waals surface area contributed by atoms with E-state index in [0.29, 0.717) is 22.8 Å². The highest BCUT2D eigenvalue weighted by atomic mass is 32.2. The van der Waals surface area contributed by atoms with Crippen LogP contribution in [0.1, 0.15) is 24.0 Å². The van der Waals surface area contributed by atoms with E-state index in [2.05, 4.69) is 14.8 Å². The first-order valence-electron chi connectivity index (χ1n) is 6.38.